The largest absolute Gasteiger partial charge is 0.512 e. The lowest BCUT2D eigenvalue weighted by Crippen LogP contribution is -2.38. The number of anilines is 1. The fraction of sp³-hybridized carbons (Fsp3) is 0.556. The number of rotatable bonds is 15. The van der Waals surface area contributed by atoms with Crippen LogP contribution in [0.2, 0.25) is 0 Å². The summed E-state index contributed by atoms with van der Waals surface area (Å²) < 4.78 is 0. The van der Waals surface area contributed by atoms with E-state index in [4.69, 9.17) is 0 Å². The Labute approximate surface area is 471 Å². The predicted molar refractivity (Wildman–Crippen MR) is 336 cm³/mol. The van der Waals surface area contributed by atoms with E-state index in [1.165, 1.54) is 22.3 Å². The summed E-state index contributed by atoms with van der Waals surface area (Å²) in [6.45, 7) is 59.6. The molecule has 0 amide bonds. The van der Waals surface area contributed by atoms with Crippen LogP contribution in [0.4, 0.5) is 5.69 Å². The van der Waals surface area contributed by atoms with Gasteiger partial charge in [0.15, 0.2) is 0 Å². The quantitative estimate of drug-likeness (QED) is 0.0773. The van der Waals surface area contributed by atoms with E-state index in [-0.39, 0.29) is 55.7 Å². The molecule has 0 heterocycles. The zero-order valence-electron chi connectivity index (χ0n) is 53.1. The first-order valence-corrected chi connectivity index (χ1v) is 28.6. The molecule has 0 fully saturated rings. The van der Waals surface area contributed by atoms with Crippen molar-refractivity contribution in [1.82, 2.24) is 0 Å². The Morgan fingerprint density at radius 2 is 1.21 bits per heavy atom. The molecule has 5 nitrogen and oxygen atoms in total. The lowest BCUT2D eigenvalue weighted by Gasteiger charge is -2.40. The average molecular weight is 1050 g/mol. The highest BCUT2D eigenvalue weighted by atomic mass is 16.3. The van der Waals surface area contributed by atoms with Crippen LogP contribution in [-0.4, -0.2) is 26.5 Å². The minimum atomic E-state index is -0.512. The minimum Gasteiger partial charge on any atom is -0.512 e. The molecule has 426 valence electrons. The Bertz CT molecular complexity index is 2650. The Hall–Kier alpha value is -5.00. The third kappa shape index (κ3) is 18.5. The van der Waals surface area contributed by atoms with E-state index in [1.807, 2.05) is 19.9 Å². The summed E-state index contributed by atoms with van der Waals surface area (Å²) in [5.74, 6) is 1.73. The highest BCUT2D eigenvalue weighted by Crippen LogP contribution is 2.45. The van der Waals surface area contributed by atoms with Crippen molar-refractivity contribution in [2.24, 2.45) is 39.4 Å². The maximum absolute atomic E-state index is 11.6. The summed E-state index contributed by atoms with van der Waals surface area (Å²) in [5.41, 5.74) is 13.0. The van der Waals surface area contributed by atoms with E-state index < -0.39 is 6.10 Å². The maximum Gasteiger partial charge on any atom is 0.126 e. The Kier molecular flexibility index (Phi) is 21.9. The second-order valence-corrected chi connectivity index (χ2v) is 29.9. The van der Waals surface area contributed by atoms with Crippen LogP contribution in [0.25, 0.3) is 5.57 Å². The first-order valence-electron chi connectivity index (χ1n) is 28.6. The molecule has 4 unspecified atom stereocenters. The van der Waals surface area contributed by atoms with Crippen molar-refractivity contribution in [2.75, 3.05) is 5.32 Å². The second-order valence-electron chi connectivity index (χ2n) is 29.9. The summed E-state index contributed by atoms with van der Waals surface area (Å²) in [5, 5.41) is 48.3. The van der Waals surface area contributed by atoms with Crippen LogP contribution in [0.1, 0.15) is 224 Å². The molecule has 3 aromatic carbocycles. The number of hydrogen-bond donors (Lipinski definition) is 5. The normalized spacial score (nSPS) is 17.3. The summed E-state index contributed by atoms with van der Waals surface area (Å²) in [4.78, 5) is 0. The molecule has 0 aromatic heterocycles. The lowest BCUT2D eigenvalue weighted by molar-refractivity contribution is 0.0817. The summed E-state index contributed by atoms with van der Waals surface area (Å²) in [7, 11) is 0. The third-order valence-corrected chi connectivity index (χ3v) is 15.5. The molecule has 5 heteroatoms. The van der Waals surface area contributed by atoms with Gasteiger partial charge in [0.25, 0.3) is 0 Å². The molecule has 0 saturated heterocycles. The molecular formula is C72H109NO4. The fourth-order valence-electron chi connectivity index (χ4n) is 10.4. The number of phenolic OH excluding ortho intramolecular Hbond substituents is 2. The van der Waals surface area contributed by atoms with Gasteiger partial charge in [-0.3, -0.25) is 0 Å². The molecule has 5 N–H and O–H groups in total. The minimum absolute atomic E-state index is 0.0159. The van der Waals surface area contributed by atoms with Gasteiger partial charge >= 0.3 is 0 Å². The lowest BCUT2D eigenvalue weighted by atomic mass is 9.67. The molecule has 4 atom stereocenters. The molecule has 0 radical (unpaired) electrons. The maximum atomic E-state index is 11.6. The van der Waals surface area contributed by atoms with Gasteiger partial charge < -0.3 is 25.7 Å². The van der Waals surface area contributed by atoms with Crippen molar-refractivity contribution in [1.29, 1.82) is 0 Å². The van der Waals surface area contributed by atoms with Gasteiger partial charge in [-0.05, 0) is 171 Å². The van der Waals surface area contributed by atoms with Crippen molar-refractivity contribution in [3.8, 4) is 11.5 Å². The van der Waals surface area contributed by atoms with Crippen LogP contribution in [0, 0.1) is 39.4 Å². The highest BCUT2D eigenvalue weighted by Gasteiger charge is 2.38. The van der Waals surface area contributed by atoms with Gasteiger partial charge in [-0.15, -0.1) is 6.58 Å². The monoisotopic (exact) mass is 1050 g/mol. The average Bonchev–Trinajstić information content (AvgIpc) is 3.26. The van der Waals surface area contributed by atoms with Crippen molar-refractivity contribution < 1.29 is 20.4 Å². The van der Waals surface area contributed by atoms with Crippen LogP contribution >= 0.6 is 0 Å². The van der Waals surface area contributed by atoms with E-state index in [2.05, 4.69) is 250 Å². The molecular weight excluding hydrogens is 943 g/mol. The molecule has 0 bridgehead atoms. The number of aromatic hydroxyl groups is 2. The van der Waals surface area contributed by atoms with E-state index in [1.54, 1.807) is 0 Å². The van der Waals surface area contributed by atoms with Gasteiger partial charge in [0.05, 0.1) is 11.9 Å². The summed E-state index contributed by atoms with van der Waals surface area (Å²) in [6, 6.07) is 15.4. The van der Waals surface area contributed by atoms with E-state index in [0.717, 1.165) is 75.9 Å². The standard InChI is InChI=1S/C57H81NO3.C15H28O/c1-19-21-37(26-39-31-45(54(7,8)9)51(60)46(32-39)55(10,11)12)22-20-25-58-49-24-23-38(27-40-33-47(56(13,14)15)52(61)48(34-40)57(16,17)18)28-42(49)29-41-30-43(36(2)3)50(59)44(35-41)53(4,5)6;1-9-10-12(15(6,7)8)13(16)11(2)14(3,4)5/h19-21,23-25,28,30-35,37,47,52,58-61H,2,22,26-27,29H2,1,3-18H3;9,12,16H,1,10H2,2-8H3/b21-19+,25-20+;13-11-. The van der Waals surface area contributed by atoms with Crippen molar-refractivity contribution >= 4 is 11.3 Å². The predicted octanol–water partition coefficient (Wildman–Crippen LogP) is 19.9. The zero-order chi connectivity index (χ0) is 59.2. The van der Waals surface area contributed by atoms with Crippen molar-refractivity contribution in [2.45, 2.75) is 221 Å². The van der Waals surface area contributed by atoms with Crippen LogP contribution < -0.4 is 5.32 Å². The van der Waals surface area contributed by atoms with Gasteiger partial charge in [-0.1, -0.05) is 219 Å². The second kappa shape index (κ2) is 25.4. The van der Waals surface area contributed by atoms with Crippen LogP contribution in [-0.2, 0) is 35.5 Å². The number of allylic oxidation sites excluding steroid dienone is 9. The number of nitrogens with one attached hydrogen (secondary N) is 1. The van der Waals surface area contributed by atoms with Crippen molar-refractivity contribution in [3.05, 3.63) is 165 Å². The molecule has 4 rings (SSSR count). The Balaban J connectivity index is 0.000000839. The van der Waals surface area contributed by atoms with E-state index in [9.17, 15) is 20.4 Å². The third-order valence-electron chi connectivity index (χ3n) is 15.5. The Morgan fingerprint density at radius 3 is 1.66 bits per heavy atom. The number of phenols is 2. The molecule has 1 aliphatic rings. The molecule has 3 aromatic rings. The summed E-state index contributed by atoms with van der Waals surface area (Å²) in [6.07, 6.45) is 18.7. The smallest absolute Gasteiger partial charge is 0.126 e. The fourth-order valence-corrected chi connectivity index (χ4v) is 10.4. The molecule has 0 saturated carbocycles. The molecule has 0 spiro atoms. The zero-order valence-corrected chi connectivity index (χ0v) is 53.1. The van der Waals surface area contributed by atoms with Crippen LogP contribution in [0.3, 0.4) is 0 Å². The first-order chi connectivity index (χ1) is 34.9. The molecule has 77 heavy (non-hydrogen) atoms. The van der Waals surface area contributed by atoms with Gasteiger partial charge in [-0.25, -0.2) is 0 Å². The van der Waals surface area contributed by atoms with Gasteiger partial charge in [0.1, 0.15) is 11.5 Å². The topological polar surface area (TPSA) is 93.0 Å². The summed E-state index contributed by atoms with van der Waals surface area (Å²) >= 11 is 0. The number of aliphatic hydroxyl groups is 2. The SMILES string of the molecule is C=C(C)c1cc(Cc2cc(CC3=CC(C(C)(C)C)C(O)C(C(C)(C)C)=C3)ccc2N/C=C/CC(/C=C/C)Cc2cc(C(C)(C)C)c(O)c(C(C)(C)C)c2)cc(C(C)(C)C)c1O.C=CCC(/C(O)=C(\C)C(C)(C)C)C(C)(C)C. The van der Waals surface area contributed by atoms with Crippen molar-refractivity contribution in [3.63, 3.8) is 0 Å². The Morgan fingerprint density at radius 1 is 0.675 bits per heavy atom. The molecule has 1 aliphatic carbocycles. The van der Waals surface area contributed by atoms with Gasteiger partial charge in [0.2, 0.25) is 0 Å². The van der Waals surface area contributed by atoms with E-state index >= 15 is 0 Å². The number of aliphatic hydroxyl groups excluding tert-OH is 2. The number of hydrogen-bond acceptors (Lipinski definition) is 5. The first kappa shape index (κ1) is 66.3. The molecule has 0 aliphatic heterocycles. The van der Waals surface area contributed by atoms with Gasteiger partial charge in [0, 0.05) is 28.7 Å². The van der Waals surface area contributed by atoms with Crippen LogP contribution in [0.5, 0.6) is 11.5 Å². The van der Waals surface area contributed by atoms with E-state index in [0.29, 0.717) is 23.7 Å². The number of benzene rings is 3. The highest BCUT2D eigenvalue weighted by molar-refractivity contribution is 5.70. The van der Waals surface area contributed by atoms with Crippen LogP contribution in [0.15, 0.2) is 121 Å². The van der Waals surface area contributed by atoms with Gasteiger partial charge in [-0.2, -0.15) is 0 Å².